The maximum absolute atomic E-state index is 13.7. The van der Waals surface area contributed by atoms with Crippen LogP contribution < -0.4 is 10.5 Å². The lowest BCUT2D eigenvalue weighted by molar-refractivity contribution is -0.0173. The molecule has 0 atom stereocenters. The number of hydrogen-bond acceptors (Lipinski definition) is 6. The molecule has 1 aliphatic heterocycles. The van der Waals surface area contributed by atoms with Crippen molar-refractivity contribution in [3.63, 3.8) is 0 Å². The molecule has 0 amide bonds. The average molecular weight is 334 g/mol. The summed E-state index contributed by atoms with van der Waals surface area (Å²) >= 11 is 1.42. The molecule has 0 fully saturated rings. The first-order chi connectivity index (χ1) is 11.2. The highest BCUT2D eigenvalue weighted by Crippen LogP contribution is 2.30. The Hall–Kier alpha value is -2.45. The van der Waals surface area contributed by atoms with Gasteiger partial charge in [0.2, 0.25) is 0 Å². The van der Waals surface area contributed by atoms with Gasteiger partial charge in [-0.1, -0.05) is 6.07 Å². The lowest BCUT2D eigenvalue weighted by Crippen LogP contribution is -2.19. The van der Waals surface area contributed by atoms with E-state index in [1.165, 1.54) is 23.5 Å². The Labute approximate surface area is 133 Å². The summed E-state index contributed by atoms with van der Waals surface area (Å²) in [6.07, 6.45) is 0. The van der Waals surface area contributed by atoms with Gasteiger partial charge in [-0.2, -0.15) is 4.68 Å². The highest BCUT2D eigenvalue weighted by atomic mass is 32.1. The number of aromatic nitrogens is 2. The van der Waals surface area contributed by atoms with E-state index >= 15 is 0 Å². The van der Waals surface area contributed by atoms with Crippen molar-refractivity contribution in [2.45, 2.75) is 13.2 Å². The zero-order valence-corrected chi connectivity index (χ0v) is 12.6. The van der Waals surface area contributed by atoms with E-state index < -0.39 is 11.6 Å². The second kappa shape index (κ2) is 5.64. The molecule has 6 nitrogen and oxygen atoms in total. The van der Waals surface area contributed by atoms with Crippen LogP contribution in [0.5, 0.6) is 5.75 Å². The third kappa shape index (κ3) is 2.66. The fourth-order valence-electron chi connectivity index (χ4n) is 2.44. The summed E-state index contributed by atoms with van der Waals surface area (Å²) in [5.74, 6) is -0.230. The molecule has 0 unspecified atom stereocenters. The maximum atomic E-state index is 13.7. The first-order valence-electron chi connectivity index (χ1n) is 6.84. The van der Waals surface area contributed by atoms with E-state index in [9.17, 15) is 9.18 Å². The Balaban J connectivity index is 1.71. The van der Waals surface area contributed by atoms with Crippen molar-refractivity contribution >= 4 is 11.3 Å². The number of halogens is 1. The van der Waals surface area contributed by atoms with Crippen molar-refractivity contribution in [1.29, 1.82) is 0 Å². The molecule has 0 saturated heterocycles. The Morgan fingerprint density at radius 3 is 3.13 bits per heavy atom. The van der Waals surface area contributed by atoms with E-state index in [1.54, 1.807) is 0 Å². The van der Waals surface area contributed by atoms with Gasteiger partial charge in [0.1, 0.15) is 11.6 Å². The molecule has 0 saturated carbocycles. The summed E-state index contributed by atoms with van der Waals surface area (Å²) < 4.78 is 30.6. The molecule has 1 aromatic carbocycles. The summed E-state index contributed by atoms with van der Waals surface area (Å²) in [5.41, 5.74) is 1.14. The van der Waals surface area contributed by atoms with Gasteiger partial charge in [0.25, 0.3) is 5.89 Å². The van der Waals surface area contributed by atoms with Crippen molar-refractivity contribution in [3.8, 4) is 16.5 Å². The van der Waals surface area contributed by atoms with Gasteiger partial charge in [0.05, 0.1) is 18.0 Å². The summed E-state index contributed by atoms with van der Waals surface area (Å²) in [4.78, 5) is 12.7. The van der Waals surface area contributed by atoms with Crippen LogP contribution in [0.25, 0.3) is 10.8 Å². The quantitative estimate of drug-likeness (QED) is 0.737. The molecule has 8 heteroatoms. The molecule has 0 aliphatic carbocycles. The number of fused-ring (bicyclic) bond motifs is 1. The van der Waals surface area contributed by atoms with E-state index in [0.29, 0.717) is 16.9 Å². The zero-order valence-electron chi connectivity index (χ0n) is 11.8. The first-order valence-corrected chi connectivity index (χ1v) is 7.72. The summed E-state index contributed by atoms with van der Waals surface area (Å²) in [7, 11) is 0. The van der Waals surface area contributed by atoms with Gasteiger partial charge < -0.3 is 13.9 Å². The van der Waals surface area contributed by atoms with Crippen LogP contribution in [0.3, 0.4) is 0 Å². The third-order valence-electron chi connectivity index (χ3n) is 3.41. The number of rotatable bonds is 3. The standard InChI is InChI=1S/C15H11FN2O4S/c16-11-4-9(13-10(5-11)7-20-8-21-13)6-18-15(19)22-14(17-18)12-2-1-3-23-12/h1-5H,6-8H2. The van der Waals surface area contributed by atoms with Gasteiger partial charge in [-0.15, -0.1) is 16.4 Å². The number of nitrogens with zero attached hydrogens (tertiary/aromatic N) is 2. The average Bonchev–Trinajstić information content (AvgIpc) is 3.17. The molecule has 118 valence electrons. The van der Waals surface area contributed by atoms with Crippen LogP contribution in [0, 0.1) is 5.82 Å². The zero-order chi connectivity index (χ0) is 15.8. The highest BCUT2D eigenvalue weighted by Gasteiger charge is 2.19. The Morgan fingerprint density at radius 2 is 2.30 bits per heavy atom. The Bertz CT molecular complexity index is 901. The fourth-order valence-corrected chi connectivity index (χ4v) is 3.09. The van der Waals surface area contributed by atoms with Gasteiger partial charge in [-0.05, 0) is 23.6 Å². The predicted octanol–water partition coefficient (Wildman–Crippen LogP) is 2.62. The van der Waals surface area contributed by atoms with Crippen LogP contribution in [-0.4, -0.2) is 16.6 Å². The molecule has 23 heavy (non-hydrogen) atoms. The normalized spacial score (nSPS) is 13.6. The Morgan fingerprint density at radius 1 is 1.39 bits per heavy atom. The van der Waals surface area contributed by atoms with Crippen LogP contribution in [-0.2, 0) is 17.9 Å². The van der Waals surface area contributed by atoms with E-state index in [1.807, 2.05) is 17.5 Å². The number of ether oxygens (including phenoxy) is 2. The first kappa shape index (κ1) is 14.2. The second-order valence-electron chi connectivity index (χ2n) is 4.97. The molecule has 0 spiro atoms. The fraction of sp³-hybridized carbons (Fsp3) is 0.200. The maximum Gasteiger partial charge on any atom is 0.437 e. The van der Waals surface area contributed by atoms with Gasteiger partial charge in [0.15, 0.2) is 6.79 Å². The van der Waals surface area contributed by atoms with Crippen molar-refractivity contribution in [2.75, 3.05) is 6.79 Å². The lowest BCUT2D eigenvalue weighted by Gasteiger charge is -2.20. The number of benzene rings is 1. The largest absolute Gasteiger partial charge is 0.467 e. The van der Waals surface area contributed by atoms with Crippen LogP contribution in [0.4, 0.5) is 4.39 Å². The smallest absolute Gasteiger partial charge is 0.437 e. The Kier molecular flexibility index (Phi) is 3.47. The van der Waals surface area contributed by atoms with Gasteiger partial charge >= 0.3 is 5.76 Å². The molecule has 4 rings (SSSR count). The number of hydrogen-bond donors (Lipinski definition) is 0. The molecule has 3 aromatic rings. The van der Waals surface area contributed by atoms with Crippen LogP contribution in [0.1, 0.15) is 11.1 Å². The van der Waals surface area contributed by atoms with Gasteiger partial charge in [-0.3, -0.25) is 0 Å². The van der Waals surface area contributed by atoms with Crippen molar-refractivity contribution < 1.29 is 18.3 Å². The topological polar surface area (TPSA) is 66.5 Å². The molecule has 1 aliphatic rings. The summed E-state index contributed by atoms with van der Waals surface area (Å²) in [6.45, 7) is 0.432. The van der Waals surface area contributed by atoms with Gasteiger partial charge in [-0.25, -0.2) is 9.18 Å². The molecule has 0 radical (unpaired) electrons. The molecule has 3 heterocycles. The molecular weight excluding hydrogens is 323 g/mol. The predicted molar refractivity (Wildman–Crippen MR) is 79.9 cm³/mol. The minimum atomic E-state index is -0.599. The minimum absolute atomic E-state index is 0.0633. The van der Waals surface area contributed by atoms with E-state index in [4.69, 9.17) is 13.9 Å². The highest BCUT2D eigenvalue weighted by molar-refractivity contribution is 7.13. The summed E-state index contributed by atoms with van der Waals surface area (Å²) in [5, 5.41) is 6.03. The third-order valence-corrected chi connectivity index (χ3v) is 4.27. The molecular formula is C15H11FN2O4S. The van der Waals surface area contributed by atoms with E-state index in [2.05, 4.69) is 5.10 Å². The van der Waals surface area contributed by atoms with Crippen molar-refractivity contribution in [2.24, 2.45) is 0 Å². The number of thiophene rings is 1. The molecule has 0 N–H and O–H groups in total. The van der Waals surface area contributed by atoms with Crippen molar-refractivity contribution in [1.82, 2.24) is 9.78 Å². The molecule has 0 bridgehead atoms. The lowest BCUT2D eigenvalue weighted by atomic mass is 10.1. The minimum Gasteiger partial charge on any atom is -0.467 e. The van der Waals surface area contributed by atoms with E-state index in [-0.39, 0.29) is 25.8 Å². The van der Waals surface area contributed by atoms with Crippen LogP contribution in [0.2, 0.25) is 0 Å². The van der Waals surface area contributed by atoms with Gasteiger partial charge in [0, 0.05) is 11.1 Å². The van der Waals surface area contributed by atoms with E-state index in [0.717, 1.165) is 9.56 Å². The van der Waals surface area contributed by atoms with Crippen molar-refractivity contribution in [3.05, 3.63) is 57.1 Å². The SMILES string of the molecule is O=c1oc(-c2cccs2)nn1Cc1cc(F)cc2c1OCOC2. The monoisotopic (exact) mass is 334 g/mol. The summed E-state index contributed by atoms with van der Waals surface area (Å²) in [6, 6.07) is 6.34. The van der Waals surface area contributed by atoms with Crippen LogP contribution >= 0.6 is 11.3 Å². The molecule has 2 aromatic heterocycles. The van der Waals surface area contributed by atoms with Crippen LogP contribution in [0.15, 0.2) is 38.9 Å². The second-order valence-corrected chi connectivity index (χ2v) is 5.92.